The van der Waals surface area contributed by atoms with Gasteiger partial charge in [-0.3, -0.25) is 4.90 Å². The van der Waals surface area contributed by atoms with Gasteiger partial charge in [-0.25, -0.2) is 0 Å². The van der Waals surface area contributed by atoms with Crippen molar-refractivity contribution in [2.45, 2.75) is 19.4 Å². The van der Waals surface area contributed by atoms with E-state index in [1.54, 1.807) is 6.07 Å². The molecule has 0 aliphatic carbocycles. The molecule has 2 aromatic rings. The third kappa shape index (κ3) is 2.24. The van der Waals surface area contributed by atoms with E-state index in [4.69, 9.17) is 0 Å². The number of aromatic hydroxyl groups is 1. The molecule has 0 saturated carbocycles. The highest BCUT2D eigenvalue weighted by Gasteiger charge is 2.26. The van der Waals surface area contributed by atoms with Crippen LogP contribution in [-0.2, 0) is 6.42 Å². The van der Waals surface area contributed by atoms with Crippen LogP contribution in [0.2, 0.25) is 0 Å². The zero-order chi connectivity index (χ0) is 13.4. The average molecular weight is 253 g/mol. The summed E-state index contributed by atoms with van der Waals surface area (Å²) in [5.74, 6) is 0.353. The summed E-state index contributed by atoms with van der Waals surface area (Å²) in [6, 6.07) is 14.7. The first-order valence-electron chi connectivity index (χ1n) is 6.74. The first kappa shape index (κ1) is 12.2. The lowest BCUT2D eigenvalue weighted by molar-refractivity contribution is 0.264. The maximum absolute atomic E-state index is 9.76. The number of benzene rings is 2. The van der Waals surface area contributed by atoms with Gasteiger partial charge >= 0.3 is 0 Å². The number of nitrogens with zero attached hydrogens (tertiary/aromatic N) is 1. The molecule has 0 radical (unpaired) electrons. The van der Waals surface area contributed by atoms with Crippen LogP contribution in [-0.4, -0.2) is 23.6 Å². The highest BCUT2D eigenvalue weighted by molar-refractivity contribution is 5.43. The Morgan fingerprint density at radius 2 is 1.84 bits per heavy atom. The molecule has 2 nitrogen and oxygen atoms in total. The third-order valence-electron chi connectivity index (χ3n) is 3.99. The normalized spacial score (nSPS) is 19.2. The number of fused-ring (bicyclic) bond motifs is 1. The first-order chi connectivity index (χ1) is 9.15. The molecule has 98 valence electrons. The van der Waals surface area contributed by atoms with Crippen molar-refractivity contribution >= 4 is 0 Å². The minimum atomic E-state index is 0.247. The quantitative estimate of drug-likeness (QED) is 0.843. The lowest BCUT2D eigenvalue weighted by Gasteiger charge is -2.35. The fraction of sp³-hybridized carbons (Fsp3) is 0.294. The summed E-state index contributed by atoms with van der Waals surface area (Å²) >= 11 is 0. The maximum Gasteiger partial charge on any atom is 0.115 e. The summed E-state index contributed by atoms with van der Waals surface area (Å²) in [6.07, 6.45) is 1.05. The van der Waals surface area contributed by atoms with Crippen molar-refractivity contribution in [1.82, 2.24) is 4.90 Å². The zero-order valence-corrected chi connectivity index (χ0v) is 11.4. The predicted molar refractivity (Wildman–Crippen MR) is 77.5 cm³/mol. The number of hydrogen-bond donors (Lipinski definition) is 1. The van der Waals surface area contributed by atoms with Crippen LogP contribution in [0.3, 0.4) is 0 Å². The van der Waals surface area contributed by atoms with Gasteiger partial charge in [0, 0.05) is 6.54 Å². The van der Waals surface area contributed by atoms with E-state index in [2.05, 4.69) is 49.2 Å². The van der Waals surface area contributed by atoms with Crippen LogP contribution in [0.4, 0.5) is 0 Å². The number of phenolic OH excluding ortho intramolecular Hbond substituents is 1. The smallest absolute Gasteiger partial charge is 0.115 e. The number of phenols is 1. The largest absolute Gasteiger partial charge is 0.508 e. The second-order valence-corrected chi connectivity index (χ2v) is 5.43. The third-order valence-corrected chi connectivity index (χ3v) is 3.99. The summed E-state index contributed by atoms with van der Waals surface area (Å²) in [4.78, 5) is 2.35. The van der Waals surface area contributed by atoms with Gasteiger partial charge in [0.25, 0.3) is 0 Å². The first-order valence-corrected chi connectivity index (χ1v) is 6.74. The van der Waals surface area contributed by atoms with E-state index in [1.807, 2.05) is 6.07 Å². The lowest BCUT2D eigenvalue weighted by atomic mass is 9.88. The fourth-order valence-electron chi connectivity index (χ4n) is 2.91. The fourth-order valence-corrected chi connectivity index (χ4v) is 2.91. The molecule has 0 amide bonds. The molecule has 1 aliphatic rings. The van der Waals surface area contributed by atoms with Gasteiger partial charge in [-0.15, -0.1) is 0 Å². The molecular formula is C17H19NO. The standard InChI is InChI=1S/C17H19NO/c1-12-3-5-14(6-4-12)17-16-11-15(19)8-7-13(16)9-10-18(17)2/h3-8,11,17,19H,9-10H2,1-2H3. The predicted octanol–water partition coefficient (Wildman–Crippen LogP) is 3.28. The molecule has 0 fully saturated rings. The van der Waals surface area contributed by atoms with Crippen molar-refractivity contribution in [3.8, 4) is 5.75 Å². The Morgan fingerprint density at radius 1 is 1.11 bits per heavy atom. The Labute approximate surface area is 114 Å². The van der Waals surface area contributed by atoms with E-state index in [0.717, 1.165) is 13.0 Å². The molecule has 0 bridgehead atoms. The Hall–Kier alpha value is -1.80. The number of aryl methyl sites for hydroxylation is 1. The van der Waals surface area contributed by atoms with Gasteiger partial charge in [-0.2, -0.15) is 0 Å². The lowest BCUT2D eigenvalue weighted by Crippen LogP contribution is -2.32. The Morgan fingerprint density at radius 3 is 2.58 bits per heavy atom. The second kappa shape index (κ2) is 4.71. The highest BCUT2D eigenvalue weighted by atomic mass is 16.3. The molecule has 1 heterocycles. The SMILES string of the molecule is Cc1ccc(C2c3cc(O)ccc3CCN2C)cc1. The van der Waals surface area contributed by atoms with Crippen molar-refractivity contribution in [1.29, 1.82) is 0 Å². The van der Waals surface area contributed by atoms with Crippen LogP contribution in [0.15, 0.2) is 42.5 Å². The van der Waals surface area contributed by atoms with Crippen LogP contribution < -0.4 is 0 Å². The molecule has 2 heteroatoms. The van der Waals surface area contributed by atoms with Crippen molar-refractivity contribution in [3.05, 3.63) is 64.7 Å². The molecule has 1 unspecified atom stereocenters. The molecular weight excluding hydrogens is 234 g/mol. The van der Waals surface area contributed by atoms with E-state index in [-0.39, 0.29) is 6.04 Å². The van der Waals surface area contributed by atoms with Crippen LogP contribution in [0.1, 0.15) is 28.3 Å². The van der Waals surface area contributed by atoms with Gasteiger partial charge < -0.3 is 5.11 Å². The summed E-state index contributed by atoms with van der Waals surface area (Å²) in [5, 5.41) is 9.76. The highest BCUT2D eigenvalue weighted by Crippen LogP contribution is 2.35. The van der Waals surface area contributed by atoms with Crippen LogP contribution in [0.5, 0.6) is 5.75 Å². The van der Waals surface area contributed by atoms with Crippen molar-refractivity contribution < 1.29 is 5.11 Å². The Kier molecular flexibility index (Phi) is 3.03. The van der Waals surface area contributed by atoms with Crippen LogP contribution in [0, 0.1) is 6.92 Å². The maximum atomic E-state index is 9.76. The van der Waals surface area contributed by atoms with Gasteiger partial charge in [-0.05, 0) is 49.2 Å². The van der Waals surface area contributed by atoms with Gasteiger partial charge in [0.15, 0.2) is 0 Å². The summed E-state index contributed by atoms with van der Waals surface area (Å²) < 4.78 is 0. The summed E-state index contributed by atoms with van der Waals surface area (Å²) in [5.41, 5.74) is 5.15. The van der Waals surface area contributed by atoms with Gasteiger partial charge in [0.05, 0.1) is 6.04 Å². The monoisotopic (exact) mass is 253 g/mol. The van der Waals surface area contributed by atoms with Crippen molar-refractivity contribution in [3.63, 3.8) is 0 Å². The Bertz CT molecular complexity index is 589. The zero-order valence-electron chi connectivity index (χ0n) is 11.4. The number of rotatable bonds is 1. The van der Waals surface area contributed by atoms with Gasteiger partial charge in [-0.1, -0.05) is 35.9 Å². The molecule has 1 N–H and O–H groups in total. The molecule has 0 aromatic heterocycles. The van der Waals surface area contributed by atoms with Crippen molar-refractivity contribution in [2.75, 3.05) is 13.6 Å². The molecule has 0 saturated heterocycles. The minimum absolute atomic E-state index is 0.247. The van der Waals surface area contributed by atoms with E-state index >= 15 is 0 Å². The number of hydrogen-bond acceptors (Lipinski definition) is 2. The molecule has 3 rings (SSSR count). The second-order valence-electron chi connectivity index (χ2n) is 5.43. The summed E-state index contributed by atoms with van der Waals surface area (Å²) in [7, 11) is 2.15. The van der Waals surface area contributed by atoms with E-state index in [9.17, 15) is 5.11 Å². The van der Waals surface area contributed by atoms with Crippen molar-refractivity contribution in [2.24, 2.45) is 0 Å². The van der Waals surface area contributed by atoms with Crippen LogP contribution in [0.25, 0.3) is 0 Å². The molecule has 2 aromatic carbocycles. The molecule has 1 aliphatic heterocycles. The van der Waals surface area contributed by atoms with E-state index < -0.39 is 0 Å². The van der Waals surface area contributed by atoms with Gasteiger partial charge in [0.1, 0.15) is 5.75 Å². The Balaban J connectivity index is 2.10. The van der Waals surface area contributed by atoms with E-state index in [0.29, 0.717) is 5.75 Å². The molecule has 1 atom stereocenters. The average Bonchev–Trinajstić information content (AvgIpc) is 2.40. The topological polar surface area (TPSA) is 23.5 Å². The molecule has 19 heavy (non-hydrogen) atoms. The van der Waals surface area contributed by atoms with Gasteiger partial charge in [0.2, 0.25) is 0 Å². The number of likely N-dealkylation sites (N-methyl/N-ethyl adjacent to an activating group) is 1. The van der Waals surface area contributed by atoms with Crippen LogP contribution >= 0.6 is 0 Å². The molecule has 0 spiro atoms. The van der Waals surface area contributed by atoms with E-state index in [1.165, 1.54) is 22.3 Å². The summed E-state index contributed by atoms with van der Waals surface area (Å²) in [6.45, 7) is 3.16. The minimum Gasteiger partial charge on any atom is -0.508 e.